The van der Waals surface area contributed by atoms with Crippen LogP contribution in [0, 0.1) is 6.92 Å². The Morgan fingerprint density at radius 3 is 2.80 bits per heavy atom. The van der Waals surface area contributed by atoms with Crippen LogP contribution >= 0.6 is 0 Å². The Balaban J connectivity index is 1.70. The van der Waals surface area contributed by atoms with E-state index in [-0.39, 0.29) is 17.5 Å². The van der Waals surface area contributed by atoms with Crippen LogP contribution in [0.2, 0.25) is 0 Å². The number of nitrogens with one attached hydrogen (secondary N) is 2. The maximum atomic E-state index is 12.9. The van der Waals surface area contributed by atoms with Gasteiger partial charge in [-0.1, -0.05) is 0 Å². The molecule has 1 fully saturated rings. The minimum Gasteiger partial charge on any atom is -0.447 e. The molecule has 1 aliphatic carbocycles. The minimum atomic E-state index is -0.367. The van der Waals surface area contributed by atoms with Gasteiger partial charge >= 0.3 is 0 Å². The highest BCUT2D eigenvalue weighted by molar-refractivity contribution is 6.10. The third-order valence-corrected chi connectivity index (χ3v) is 4.48. The van der Waals surface area contributed by atoms with Gasteiger partial charge in [0.15, 0.2) is 0 Å². The summed E-state index contributed by atoms with van der Waals surface area (Å²) in [5, 5.41) is 6.89. The number of nitrogens with zero attached hydrogens (tertiary/aromatic N) is 3. The second-order valence-corrected chi connectivity index (χ2v) is 6.69. The summed E-state index contributed by atoms with van der Waals surface area (Å²) in [5.74, 6) is 1.28. The summed E-state index contributed by atoms with van der Waals surface area (Å²) in [7, 11) is 0. The van der Waals surface area contributed by atoms with E-state index in [0.717, 1.165) is 12.8 Å². The number of amides is 1. The summed E-state index contributed by atoms with van der Waals surface area (Å²) in [6.07, 6.45) is 6.60. The van der Waals surface area contributed by atoms with Gasteiger partial charge in [0.1, 0.15) is 30.2 Å². The molecule has 1 amide bonds. The van der Waals surface area contributed by atoms with Gasteiger partial charge in [0.2, 0.25) is 11.6 Å². The minimum absolute atomic E-state index is 0.0194. The van der Waals surface area contributed by atoms with Crippen LogP contribution in [0.3, 0.4) is 0 Å². The van der Waals surface area contributed by atoms with Crippen molar-refractivity contribution < 1.29 is 13.6 Å². The van der Waals surface area contributed by atoms with Crippen molar-refractivity contribution in [3.05, 3.63) is 36.0 Å². The highest BCUT2D eigenvalue weighted by Crippen LogP contribution is 2.40. The first-order chi connectivity index (χ1) is 12.0. The molecular weight excluding hydrogens is 322 g/mol. The first-order valence-electron chi connectivity index (χ1n) is 8.19. The smallest absolute Gasteiger partial charge is 0.256 e. The summed E-state index contributed by atoms with van der Waals surface area (Å²) >= 11 is 0. The van der Waals surface area contributed by atoms with Crippen molar-refractivity contribution in [3.8, 4) is 0 Å². The predicted molar refractivity (Wildman–Crippen MR) is 90.2 cm³/mol. The number of fused-ring (bicyclic) bond motifs is 1. The van der Waals surface area contributed by atoms with Gasteiger partial charge < -0.3 is 19.5 Å². The van der Waals surface area contributed by atoms with Crippen molar-refractivity contribution in [2.24, 2.45) is 0 Å². The van der Waals surface area contributed by atoms with Crippen LogP contribution in [-0.4, -0.2) is 26.4 Å². The lowest BCUT2D eigenvalue weighted by molar-refractivity contribution is 0.0934. The monoisotopic (exact) mass is 341 g/mol. The number of carbonyl (C=O) groups excluding carboxylic acids is 1. The number of hydrogen-bond donors (Lipinski definition) is 2. The van der Waals surface area contributed by atoms with Crippen LogP contribution in [0.4, 0.5) is 5.82 Å². The highest BCUT2D eigenvalue weighted by atomic mass is 16.3. The van der Waals surface area contributed by atoms with Gasteiger partial charge in [0, 0.05) is 5.54 Å². The van der Waals surface area contributed by atoms with Crippen molar-refractivity contribution in [1.82, 2.24) is 20.3 Å². The zero-order valence-electron chi connectivity index (χ0n) is 14.3. The number of aryl methyl sites for hydroxylation is 1. The molecule has 1 saturated carbocycles. The maximum Gasteiger partial charge on any atom is 0.256 e. The average molecular weight is 341 g/mol. The molecule has 4 rings (SSSR count). The number of furan rings is 1. The molecule has 2 N–H and O–H groups in total. The Kier molecular flexibility index (Phi) is 3.48. The first kappa shape index (κ1) is 15.6. The fraction of sp³-hybridized carbons (Fsp3) is 0.412. The van der Waals surface area contributed by atoms with Gasteiger partial charge in [-0.2, -0.15) is 0 Å². The maximum absolute atomic E-state index is 12.9. The van der Waals surface area contributed by atoms with Crippen molar-refractivity contribution in [2.45, 2.75) is 45.2 Å². The third-order valence-electron chi connectivity index (χ3n) is 4.48. The Labute approximate surface area is 144 Å². The molecule has 0 spiro atoms. The van der Waals surface area contributed by atoms with Gasteiger partial charge in [-0.25, -0.2) is 15.0 Å². The van der Waals surface area contributed by atoms with Gasteiger partial charge in [-0.15, -0.1) is 0 Å². The molecule has 1 aliphatic rings. The molecule has 25 heavy (non-hydrogen) atoms. The average Bonchev–Trinajstić information content (AvgIpc) is 3.01. The second kappa shape index (κ2) is 5.58. The van der Waals surface area contributed by atoms with Gasteiger partial charge in [-0.05, 0) is 33.6 Å². The fourth-order valence-electron chi connectivity index (χ4n) is 2.79. The summed E-state index contributed by atoms with van der Waals surface area (Å²) in [6.45, 7) is 5.68. The molecule has 0 aliphatic heterocycles. The third kappa shape index (κ3) is 2.84. The molecule has 0 saturated heterocycles. The van der Waals surface area contributed by atoms with Gasteiger partial charge in [-0.3, -0.25) is 4.79 Å². The van der Waals surface area contributed by atoms with Crippen molar-refractivity contribution in [1.29, 1.82) is 0 Å². The van der Waals surface area contributed by atoms with E-state index < -0.39 is 0 Å². The van der Waals surface area contributed by atoms with Crippen molar-refractivity contribution in [2.75, 3.05) is 5.32 Å². The molecule has 1 atom stereocenters. The number of anilines is 1. The van der Waals surface area contributed by atoms with E-state index in [1.807, 2.05) is 6.92 Å². The van der Waals surface area contributed by atoms with Gasteiger partial charge in [0.05, 0.1) is 17.1 Å². The Hall–Kier alpha value is -2.90. The summed E-state index contributed by atoms with van der Waals surface area (Å²) in [5.41, 5.74) is 0.847. The van der Waals surface area contributed by atoms with Crippen molar-refractivity contribution in [3.63, 3.8) is 0 Å². The van der Waals surface area contributed by atoms with E-state index in [4.69, 9.17) is 8.83 Å². The molecule has 0 radical (unpaired) electrons. The fourth-order valence-corrected chi connectivity index (χ4v) is 2.79. The molecule has 3 aromatic rings. The lowest BCUT2D eigenvalue weighted by Crippen LogP contribution is -2.27. The standard InChI is InChI=1S/C17H19N5O3/c1-9(15-18-6-7-24-15)21-14(23)11-10(2)25-16-12(11)13(19-8-20-16)22-17(3)4-5-17/h6-9H,4-5H2,1-3H3,(H,21,23)(H,19,20,22). The van der Waals surface area contributed by atoms with E-state index in [9.17, 15) is 4.79 Å². The molecule has 8 heteroatoms. The molecule has 3 heterocycles. The SMILES string of the molecule is Cc1oc2ncnc(NC3(C)CC3)c2c1C(=O)NC(C)c1ncco1. The number of hydrogen-bond acceptors (Lipinski definition) is 7. The van der Waals surface area contributed by atoms with Crippen LogP contribution in [0.15, 0.2) is 27.6 Å². The zero-order chi connectivity index (χ0) is 17.6. The van der Waals surface area contributed by atoms with Crippen LogP contribution in [0.25, 0.3) is 11.1 Å². The van der Waals surface area contributed by atoms with Crippen LogP contribution in [0.5, 0.6) is 0 Å². The summed E-state index contributed by atoms with van der Waals surface area (Å²) < 4.78 is 10.9. The van der Waals surface area contributed by atoms with E-state index in [1.54, 1.807) is 13.1 Å². The van der Waals surface area contributed by atoms with E-state index in [0.29, 0.717) is 34.1 Å². The zero-order valence-corrected chi connectivity index (χ0v) is 14.3. The number of carbonyl (C=O) groups is 1. The molecule has 0 bridgehead atoms. The lowest BCUT2D eigenvalue weighted by Gasteiger charge is -2.14. The predicted octanol–water partition coefficient (Wildman–Crippen LogP) is 2.97. The molecule has 130 valence electrons. The topological polar surface area (TPSA) is 106 Å². The van der Waals surface area contributed by atoms with E-state index in [1.165, 1.54) is 12.6 Å². The van der Waals surface area contributed by atoms with Gasteiger partial charge in [0.25, 0.3) is 5.91 Å². The van der Waals surface area contributed by atoms with Crippen molar-refractivity contribution >= 4 is 22.8 Å². The summed E-state index contributed by atoms with van der Waals surface area (Å²) in [6, 6.07) is -0.367. The largest absolute Gasteiger partial charge is 0.447 e. The van der Waals surface area contributed by atoms with E-state index >= 15 is 0 Å². The van der Waals surface area contributed by atoms with Crippen LogP contribution in [0.1, 0.15) is 54.7 Å². The Bertz CT molecular complexity index is 927. The molecule has 8 nitrogen and oxygen atoms in total. The number of aromatic nitrogens is 3. The lowest BCUT2D eigenvalue weighted by atomic mass is 10.1. The molecular formula is C17H19N5O3. The Morgan fingerprint density at radius 1 is 1.32 bits per heavy atom. The second-order valence-electron chi connectivity index (χ2n) is 6.69. The normalized spacial score (nSPS) is 16.6. The quantitative estimate of drug-likeness (QED) is 0.734. The molecule has 3 aromatic heterocycles. The number of oxazole rings is 1. The first-order valence-corrected chi connectivity index (χ1v) is 8.19. The van der Waals surface area contributed by atoms with Crippen LogP contribution < -0.4 is 10.6 Å². The number of rotatable bonds is 5. The highest BCUT2D eigenvalue weighted by Gasteiger charge is 2.38. The Morgan fingerprint density at radius 2 is 2.12 bits per heavy atom. The van der Waals surface area contributed by atoms with E-state index in [2.05, 4.69) is 32.5 Å². The molecule has 0 aromatic carbocycles. The summed E-state index contributed by atoms with van der Waals surface area (Å²) in [4.78, 5) is 25.4. The van der Waals surface area contributed by atoms with Crippen LogP contribution in [-0.2, 0) is 0 Å². The molecule has 1 unspecified atom stereocenters.